The van der Waals surface area contributed by atoms with Crippen molar-refractivity contribution in [2.24, 2.45) is 0 Å². The normalized spacial score (nSPS) is 15.0. The summed E-state index contributed by atoms with van der Waals surface area (Å²) in [5, 5.41) is 4.42. The smallest absolute Gasteiger partial charge is 0.229 e. The van der Waals surface area contributed by atoms with Crippen LogP contribution in [0, 0.1) is 13.8 Å². The predicted molar refractivity (Wildman–Crippen MR) is 120 cm³/mol. The van der Waals surface area contributed by atoms with Crippen LogP contribution in [0.15, 0.2) is 42.6 Å². The standard InChI is InChI=1S/C26H30N2O2/c1-6-28-25(30-19-11-8-7-9-12-19)22(16-27-28)24(29)21-15-17(2)20-13-10-14-26(4,5)23(20)18(21)3/h7-9,11-12,15-16H,6,10,13-14H2,1-5H3. The third kappa shape index (κ3) is 3.45. The van der Waals surface area contributed by atoms with Crippen LogP contribution in [0.4, 0.5) is 0 Å². The number of carbonyl (C=O) groups excluding carboxylic acids is 1. The summed E-state index contributed by atoms with van der Waals surface area (Å²) in [5.74, 6) is 1.18. The van der Waals surface area contributed by atoms with E-state index in [0.717, 1.165) is 24.0 Å². The molecule has 0 radical (unpaired) electrons. The molecule has 0 atom stereocenters. The van der Waals surface area contributed by atoms with Crippen molar-refractivity contribution < 1.29 is 9.53 Å². The van der Waals surface area contributed by atoms with Crippen LogP contribution in [0.5, 0.6) is 11.6 Å². The minimum absolute atomic E-state index is 0.0228. The van der Waals surface area contributed by atoms with Crippen LogP contribution in [-0.2, 0) is 18.4 Å². The van der Waals surface area contributed by atoms with Gasteiger partial charge in [0.15, 0.2) is 5.78 Å². The minimum Gasteiger partial charge on any atom is -0.439 e. The molecule has 0 fully saturated rings. The maximum absolute atomic E-state index is 13.7. The summed E-state index contributed by atoms with van der Waals surface area (Å²) in [4.78, 5) is 13.7. The second-order valence-corrected chi connectivity index (χ2v) is 8.88. The van der Waals surface area contributed by atoms with E-state index in [1.54, 1.807) is 10.9 Å². The van der Waals surface area contributed by atoms with E-state index in [4.69, 9.17) is 4.74 Å². The molecule has 4 heteroatoms. The zero-order valence-corrected chi connectivity index (χ0v) is 18.6. The summed E-state index contributed by atoms with van der Waals surface area (Å²) in [7, 11) is 0. The van der Waals surface area contributed by atoms with E-state index in [9.17, 15) is 4.79 Å². The minimum atomic E-state index is -0.0228. The van der Waals surface area contributed by atoms with Gasteiger partial charge in [-0.1, -0.05) is 32.0 Å². The van der Waals surface area contributed by atoms with Gasteiger partial charge in [-0.15, -0.1) is 0 Å². The predicted octanol–water partition coefficient (Wildman–Crippen LogP) is 6.16. The molecule has 0 unspecified atom stereocenters. The third-order valence-electron chi connectivity index (χ3n) is 6.36. The topological polar surface area (TPSA) is 44.1 Å². The van der Waals surface area contributed by atoms with Gasteiger partial charge in [0.25, 0.3) is 0 Å². The molecule has 0 saturated carbocycles. The summed E-state index contributed by atoms with van der Waals surface area (Å²) in [5.41, 5.74) is 6.43. The van der Waals surface area contributed by atoms with Crippen molar-refractivity contribution in [3.63, 3.8) is 0 Å². The van der Waals surface area contributed by atoms with Gasteiger partial charge >= 0.3 is 0 Å². The van der Waals surface area contributed by atoms with E-state index in [1.165, 1.54) is 23.1 Å². The second kappa shape index (κ2) is 7.75. The number of rotatable bonds is 5. The Morgan fingerprint density at radius 2 is 1.90 bits per heavy atom. The Morgan fingerprint density at radius 1 is 1.17 bits per heavy atom. The lowest BCUT2D eigenvalue weighted by molar-refractivity contribution is 0.103. The van der Waals surface area contributed by atoms with Crippen molar-refractivity contribution in [1.29, 1.82) is 0 Å². The molecule has 1 aromatic heterocycles. The van der Waals surface area contributed by atoms with Crippen LogP contribution in [-0.4, -0.2) is 15.6 Å². The quantitative estimate of drug-likeness (QED) is 0.480. The van der Waals surface area contributed by atoms with Crippen LogP contribution < -0.4 is 4.74 Å². The van der Waals surface area contributed by atoms with Gasteiger partial charge in [0.1, 0.15) is 11.3 Å². The Hall–Kier alpha value is -2.88. The van der Waals surface area contributed by atoms with Gasteiger partial charge in [-0.3, -0.25) is 4.79 Å². The number of ketones is 1. The number of aromatic nitrogens is 2. The number of hydrogen-bond donors (Lipinski definition) is 0. The molecule has 2 aromatic carbocycles. The Morgan fingerprint density at radius 3 is 2.60 bits per heavy atom. The monoisotopic (exact) mass is 402 g/mol. The number of aryl methyl sites for hydroxylation is 2. The SMILES string of the molecule is CCn1ncc(C(=O)c2cc(C)c3c(c2C)C(C)(C)CCC3)c1Oc1ccccc1. The van der Waals surface area contributed by atoms with Crippen LogP contribution >= 0.6 is 0 Å². The summed E-state index contributed by atoms with van der Waals surface area (Å²) in [6, 6.07) is 11.6. The van der Waals surface area contributed by atoms with Crippen molar-refractivity contribution in [2.45, 2.75) is 65.8 Å². The molecular weight excluding hydrogens is 372 g/mol. The van der Waals surface area contributed by atoms with Crippen LogP contribution in [0.25, 0.3) is 0 Å². The fourth-order valence-electron chi connectivity index (χ4n) is 4.88. The molecule has 0 aliphatic heterocycles. The second-order valence-electron chi connectivity index (χ2n) is 8.88. The molecule has 156 valence electrons. The van der Waals surface area contributed by atoms with Crippen molar-refractivity contribution in [2.75, 3.05) is 0 Å². The summed E-state index contributed by atoms with van der Waals surface area (Å²) in [6.07, 6.45) is 5.08. The van der Waals surface area contributed by atoms with Gasteiger partial charge in [-0.05, 0) is 85.9 Å². The van der Waals surface area contributed by atoms with E-state index in [1.807, 2.05) is 37.3 Å². The average molecular weight is 403 g/mol. The fraction of sp³-hybridized carbons (Fsp3) is 0.385. The first kappa shape index (κ1) is 20.4. The molecule has 1 aliphatic rings. The first-order valence-electron chi connectivity index (χ1n) is 10.8. The Balaban J connectivity index is 1.82. The molecule has 0 bridgehead atoms. The lowest BCUT2D eigenvalue weighted by Gasteiger charge is -2.36. The van der Waals surface area contributed by atoms with Crippen molar-refractivity contribution >= 4 is 5.78 Å². The highest BCUT2D eigenvalue weighted by Crippen LogP contribution is 2.42. The number of nitrogens with zero attached hydrogens (tertiary/aromatic N) is 2. The van der Waals surface area contributed by atoms with Gasteiger partial charge < -0.3 is 4.74 Å². The molecule has 1 aliphatic carbocycles. The molecular formula is C26H30N2O2. The number of benzene rings is 2. The number of hydrogen-bond acceptors (Lipinski definition) is 3. The molecule has 0 amide bonds. The highest BCUT2D eigenvalue weighted by atomic mass is 16.5. The number of para-hydroxylation sites is 1. The van der Waals surface area contributed by atoms with E-state index >= 15 is 0 Å². The number of carbonyl (C=O) groups is 1. The van der Waals surface area contributed by atoms with E-state index in [0.29, 0.717) is 23.7 Å². The van der Waals surface area contributed by atoms with Gasteiger partial charge in [0, 0.05) is 12.1 Å². The van der Waals surface area contributed by atoms with E-state index in [2.05, 4.69) is 38.9 Å². The lowest BCUT2D eigenvalue weighted by Crippen LogP contribution is -2.27. The Bertz CT molecular complexity index is 1090. The maximum Gasteiger partial charge on any atom is 0.229 e. The highest BCUT2D eigenvalue weighted by Gasteiger charge is 2.33. The zero-order valence-electron chi connectivity index (χ0n) is 18.6. The van der Waals surface area contributed by atoms with Crippen molar-refractivity contribution in [3.05, 3.63) is 76.0 Å². The van der Waals surface area contributed by atoms with Crippen molar-refractivity contribution in [3.8, 4) is 11.6 Å². The molecule has 0 spiro atoms. The zero-order chi connectivity index (χ0) is 21.5. The lowest BCUT2D eigenvalue weighted by atomic mass is 9.68. The summed E-state index contributed by atoms with van der Waals surface area (Å²) in [6.45, 7) is 11.4. The van der Waals surface area contributed by atoms with Crippen LogP contribution in [0.3, 0.4) is 0 Å². The van der Waals surface area contributed by atoms with Gasteiger partial charge in [-0.25, -0.2) is 4.68 Å². The Kier molecular flexibility index (Phi) is 5.27. The first-order valence-corrected chi connectivity index (χ1v) is 10.8. The average Bonchev–Trinajstić information content (AvgIpc) is 3.12. The fourth-order valence-corrected chi connectivity index (χ4v) is 4.88. The molecule has 3 aromatic rings. The summed E-state index contributed by atoms with van der Waals surface area (Å²) < 4.78 is 7.86. The maximum atomic E-state index is 13.7. The Labute approximate surface area is 178 Å². The van der Waals surface area contributed by atoms with Gasteiger partial charge in [0.2, 0.25) is 5.88 Å². The van der Waals surface area contributed by atoms with Gasteiger partial charge in [0.05, 0.1) is 6.20 Å². The molecule has 4 nitrogen and oxygen atoms in total. The van der Waals surface area contributed by atoms with Crippen molar-refractivity contribution in [1.82, 2.24) is 9.78 Å². The van der Waals surface area contributed by atoms with E-state index < -0.39 is 0 Å². The largest absolute Gasteiger partial charge is 0.439 e. The molecule has 0 saturated heterocycles. The number of fused-ring (bicyclic) bond motifs is 1. The molecule has 0 N–H and O–H groups in total. The van der Waals surface area contributed by atoms with Gasteiger partial charge in [-0.2, -0.15) is 5.10 Å². The number of ether oxygens (including phenoxy) is 1. The summed E-state index contributed by atoms with van der Waals surface area (Å²) >= 11 is 0. The molecule has 30 heavy (non-hydrogen) atoms. The van der Waals surface area contributed by atoms with Crippen LogP contribution in [0.1, 0.15) is 71.8 Å². The molecule has 1 heterocycles. The van der Waals surface area contributed by atoms with Crippen LogP contribution in [0.2, 0.25) is 0 Å². The highest BCUT2D eigenvalue weighted by molar-refractivity contribution is 6.11. The van der Waals surface area contributed by atoms with E-state index in [-0.39, 0.29) is 11.2 Å². The third-order valence-corrected chi connectivity index (χ3v) is 6.36. The first-order chi connectivity index (χ1) is 14.3. The molecule has 4 rings (SSSR count).